The van der Waals surface area contributed by atoms with Crippen LogP contribution in [0.5, 0.6) is 0 Å². The monoisotopic (exact) mass is 373 g/mol. The van der Waals surface area contributed by atoms with Crippen LogP contribution < -0.4 is 10.6 Å². The van der Waals surface area contributed by atoms with Crippen LogP contribution in [0.15, 0.2) is 6.07 Å². The summed E-state index contributed by atoms with van der Waals surface area (Å²) in [5, 5.41) is 6.24. The van der Waals surface area contributed by atoms with Gasteiger partial charge in [0.15, 0.2) is 5.78 Å². The SMILES string of the molecule is Cc1cc(C(=O)CCC(=O)NCCCN2CCNCC2)c(C)s1.Cl. The fourth-order valence-electron chi connectivity index (χ4n) is 2.82. The lowest BCUT2D eigenvalue weighted by atomic mass is 10.1. The van der Waals surface area contributed by atoms with E-state index in [0.717, 1.165) is 54.5 Å². The number of thiophene rings is 1. The fraction of sp³-hybridized carbons (Fsp3) is 0.647. The van der Waals surface area contributed by atoms with Gasteiger partial charge < -0.3 is 15.5 Å². The van der Waals surface area contributed by atoms with Crippen molar-refractivity contribution in [3.63, 3.8) is 0 Å². The molecule has 1 amide bonds. The molecule has 5 nitrogen and oxygen atoms in total. The van der Waals surface area contributed by atoms with Gasteiger partial charge in [-0.1, -0.05) is 0 Å². The highest BCUT2D eigenvalue weighted by Gasteiger charge is 2.14. The smallest absolute Gasteiger partial charge is 0.220 e. The molecule has 136 valence electrons. The number of piperazine rings is 1. The molecule has 2 N–H and O–H groups in total. The summed E-state index contributed by atoms with van der Waals surface area (Å²) in [6.07, 6.45) is 1.53. The average molecular weight is 374 g/mol. The highest BCUT2D eigenvalue weighted by Crippen LogP contribution is 2.22. The number of Topliss-reactive ketones (excluding diaryl/α,β-unsaturated/α-hetero) is 1. The Hall–Kier alpha value is -0.950. The van der Waals surface area contributed by atoms with E-state index in [2.05, 4.69) is 15.5 Å². The number of carbonyl (C=O) groups excluding carboxylic acids is 2. The van der Waals surface area contributed by atoms with Crippen molar-refractivity contribution in [1.82, 2.24) is 15.5 Å². The van der Waals surface area contributed by atoms with Gasteiger partial charge in [-0.15, -0.1) is 23.7 Å². The molecule has 0 aliphatic carbocycles. The Morgan fingerprint density at radius 1 is 1.25 bits per heavy atom. The minimum atomic E-state index is -0.0248. The number of aryl methyl sites for hydroxylation is 2. The third kappa shape index (κ3) is 6.89. The number of hydrogen-bond acceptors (Lipinski definition) is 5. The zero-order chi connectivity index (χ0) is 16.7. The maximum Gasteiger partial charge on any atom is 0.220 e. The first-order valence-corrected chi connectivity index (χ1v) is 9.18. The lowest BCUT2D eigenvalue weighted by Crippen LogP contribution is -2.44. The van der Waals surface area contributed by atoms with Crippen LogP contribution in [0.1, 0.15) is 39.4 Å². The summed E-state index contributed by atoms with van der Waals surface area (Å²) in [5.41, 5.74) is 0.777. The van der Waals surface area contributed by atoms with E-state index in [1.807, 2.05) is 19.9 Å². The van der Waals surface area contributed by atoms with E-state index < -0.39 is 0 Å². The van der Waals surface area contributed by atoms with Crippen molar-refractivity contribution in [3.8, 4) is 0 Å². The van der Waals surface area contributed by atoms with Crippen molar-refractivity contribution in [2.45, 2.75) is 33.1 Å². The minimum Gasteiger partial charge on any atom is -0.356 e. The quantitative estimate of drug-likeness (QED) is 0.541. The number of carbonyl (C=O) groups is 2. The molecule has 0 spiro atoms. The Labute approximate surface area is 154 Å². The van der Waals surface area contributed by atoms with Crippen LogP contribution in [0.2, 0.25) is 0 Å². The van der Waals surface area contributed by atoms with Gasteiger partial charge in [-0.3, -0.25) is 9.59 Å². The maximum atomic E-state index is 12.1. The largest absolute Gasteiger partial charge is 0.356 e. The summed E-state index contributed by atoms with van der Waals surface area (Å²) in [6.45, 7) is 9.94. The molecule has 1 aromatic rings. The summed E-state index contributed by atoms with van der Waals surface area (Å²) in [6, 6.07) is 1.92. The van der Waals surface area contributed by atoms with Gasteiger partial charge in [-0.2, -0.15) is 0 Å². The summed E-state index contributed by atoms with van der Waals surface area (Å²) >= 11 is 1.63. The van der Waals surface area contributed by atoms with Gasteiger partial charge in [0.2, 0.25) is 5.91 Å². The molecule has 2 heterocycles. The van der Waals surface area contributed by atoms with Crippen LogP contribution in [-0.4, -0.2) is 55.9 Å². The Balaban J connectivity index is 0.00000288. The normalized spacial score (nSPS) is 14.9. The van der Waals surface area contributed by atoms with Gasteiger partial charge in [-0.05, 0) is 32.9 Å². The zero-order valence-corrected chi connectivity index (χ0v) is 16.2. The number of halogens is 1. The molecule has 2 rings (SSSR count). The Kier molecular flexibility index (Phi) is 9.51. The minimum absolute atomic E-state index is 0. The second kappa shape index (κ2) is 10.8. The zero-order valence-electron chi connectivity index (χ0n) is 14.5. The summed E-state index contributed by atoms with van der Waals surface area (Å²) in [7, 11) is 0. The van der Waals surface area contributed by atoms with E-state index in [4.69, 9.17) is 0 Å². The predicted octanol–water partition coefficient (Wildman–Crippen LogP) is 2.16. The number of nitrogens with one attached hydrogen (secondary N) is 2. The number of rotatable bonds is 8. The van der Waals surface area contributed by atoms with Crippen LogP contribution in [-0.2, 0) is 4.79 Å². The lowest BCUT2D eigenvalue weighted by Gasteiger charge is -2.27. The van der Waals surface area contributed by atoms with Crippen LogP contribution >= 0.6 is 23.7 Å². The van der Waals surface area contributed by atoms with Crippen LogP contribution in [0.3, 0.4) is 0 Å². The topological polar surface area (TPSA) is 61.4 Å². The maximum absolute atomic E-state index is 12.1. The van der Waals surface area contributed by atoms with Crippen molar-refractivity contribution < 1.29 is 9.59 Å². The van der Waals surface area contributed by atoms with Crippen molar-refractivity contribution in [1.29, 1.82) is 0 Å². The third-order valence-electron chi connectivity index (χ3n) is 4.10. The molecule has 1 fully saturated rings. The highest BCUT2D eigenvalue weighted by atomic mass is 35.5. The van der Waals surface area contributed by atoms with Gasteiger partial charge >= 0.3 is 0 Å². The molecule has 24 heavy (non-hydrogen) atoms. The van der Waals surface area contributed by atoms with E-state index in [0.29, 0.717) is 13.0 Å². The third-order valence-corrected chi connectivity index (χ3v) is 5.07. The first kappa shape index (κ1) is 21.1. The molecule has 0 saturated carbocycles. The molecular weight excluding hydrogens is 346 g/mol. The van der Waals surface area contributed by atoms with E-state index in [-0.39, 0.29) is 30.5 Å². The van der Waals surface area contributed by atoms with Crippen molar-refractivity contribution in [2.24, 2.45) is 0 Å². The van der Waals surface area contributed by atoms with Gasteiger partial charge in [-0.25, -0.2) is 0 Å². The second-order valence-corrected chi connectivity index (χ2v) is 7.51. The van der Waals surface area contributed by atoms with Gasteiger partial charge in [0.25, 0.3) is 0 Å². The van der Waals surface area contributed by atoms with E-state index in [1.165, 1.54) is 0 Å². The molecule has 0 unspecified atom stereocenters. The van der Waals surface area contributed by atoms with Gasteiger partial charge in [0.05, 0.1) is 0 Å². The molecule has 1 saturated heterocycles. The molecule has 0 bridgehead atoms. The number of ketones is 1. The van der Waals surface area contributed by atoms with Crippen molar-refractivity contribution in [3.05, 3.63) is 21.4 Å². The first-order chi connectivity index (χ1) is 11.1. The highest BCUT2D eigenvalue weighted by molar-refractivity contribution is 7.12. The van der Waals surface area contributed by atoms with Gasteiger partial charge in [0, 0.05) is 60.9 Å². The molecule has 0 aromatic carbocycles. The standard InChI is InChI=1S/C17H27N3O2S.ClH/c1-13-12-15(14(2)23-13)16(21)4-5-17(22)19-6-3-9-20-10-7-18-8-11-20;/h12,18H,3-11H2,1-2H3,(H,19,22);1H. The lowest BCUT2D eigenvalue weighted by molar-refractivity contribution is -0.121. The van der Waals surface area contributed by atoms with Gasteiger partial charge in [0.1, 0.15) is 0 Å². The molecular formula is C17H28ClN3O2S. The van der Waals surface area contributed by atoms with E-state index in [9.17, 15) is 9.59 Å². The fourth-order valence-corrected chi connectivity index (χ4v) is 3.77. The number of hydrogen-bond donors (Lipinski definition) is 2. The summed E-state index contributed by atoms with van der Waals surface area (Å²) < 4.78 is 0. The van der Waals surface area contributed by atoms with Crippen molar-refractivity contribution in [2.75, 3.05) is 39.3 Å². The Morgan fingerprint density at radius 2 is 1.96 bits per heavy atom. The molecule has 1 aromatic heterocycles. The summed E-state index contributed by atoms with van der Waals surface area (Å²) in [4.78, 5) is 28.6. The summed E-state index contributed by atoms with van der Waals surface area (Å²) in [5.74, 6) is 0.0473. The molecule has 1 aliphatic heterocycles. The molecule has 0 atom stereocenters. The second-order valence-electron chi connectivity index (χ2n) is 6.05. The van der Waals surface area contributed by atoms with Crippen LogP contribution in [0.4, 0.5) is 0 Å². The molecule has 0 radical (unpaired) electrons. The number of nitrogens with zero attached hydrogens (tertiary/aromatic N) is 1. The van der Waals surface area contributed by atoms with E-state index in [1.54, 1.807) is 11.3 Å². The molecule has 1 aliphatic rings. The predicted molar refractivity (Wildman–Crippen MR) is 102 cm³/mol. The number of amides is 1. The molecule has 7 heteroatoms. The van der Waals surface area contributed by atoms with Crippen LogP contribution in [0.25, 0.3) is 0 Å². The average Bonchev–Trinajstić information content (AvgIpc) is 2.89. The first-order valence-electron chi connectivity index (χ1n) is 8.36. The van der Waals surface area contributed by atoms with Crippen LogP contribution in [0, 0.1) is 13.8 Å². The Bertz CT molecular complexity index is 542. The van der Waals surface area contributed by atoms with E-state index >= 15 is 0 Å². The Morgan fingerprint density at radius 3 is 2.58 bits per heavy atom. The van der Waals surface area contributed by atoms with Crippen molar-refractivity contribution >= 4 is 35.4 Å².